The molecule has 0 aromatic heterocycles. The first-order valence-electron chi connectivity index (χ1n) is 15.7. The summed E-state index contributed by atoms with van der Waals surface area (Å²) in [6, 6.07) is 0. The molecule has 0 unspecified atom stereocenters. The van der Waals surface area contributed by atoms with Crippen molar-refractivity contribution in [3.63, 3.8) is 0 Å². The summed E-state index contributed by atoms with van der Waals surface area (Å²) in [5.41, 5.74) is 6.09. The Hall–Kier alpha value is -0.690. The third-order valence-corrected chi connectivity index (χ3v) is 11.9. The molecule has 0 heterocycles. The molecule has 0 radical (unpaired) electrons. The van der Waals surface area contributed by atoms with Gasteiger partial charge in [-0.2, -0.15) is 0 Å². The minimum absolute atomic E-state index is 0.173. The zero-order valence-electron chi connectivity index (χ0n) is 24.0. The number of fused-ring (bicyclic) bond motifs is 5. The Morgan fingerprint density at radius 1 is 0.946 bits per heavy atom. The van der Waals surface area contributed by atoms with Crippen LogP contribution < -0.4 is 16.4 Å². The summed E-state index contributed by atoms with van der Waals surface area (Å²) in [4.78, 5) is 12.5. The lowest BCUT2D eigenvalue weighted by atomic mass is 9.43. The van der Waals surface area contributed by atoms with E-state index in [4.69, 9.17) is 5.73 Å². The molecule has 6 heteroatoms. The van der Waals surface area contributed by atoms with E-state index in [1.54, 1.807) is 0 Å². The van der Waals surface area contributed by atoms with Gasteiger partial charge in [0, 0.05) is 13.0 Å². The SMILES string of the molecule is C[C@@H](CCC(=O)NCCCNCCCCN)[C@@H]1CC[C@@H]2[C@H]3[C@H](O)C[C@H]4C[C@@H](O)CC[C@@]4(C)[C@@H]3CC[C@]21C. The maximum Gasteiger partial charge on any atom is 0.220 e. The quantitative estimate of drug-likeness (QED) is 0.248. The van der Waals surface area contributed by atoms with Crippen molar-refractivity contribution in [1.82, 2.24) is 10.6 Å². The van der Waals surface area contributed by atoms with E-state index >= 15 is 0 Å². The molecule has 6 N–H and O–H groups in total. The molecule has 4 aliphatic rings. The van der Waals surface area contributed by atoms with Crippen LogP contribution >= 0.6 is 0 Å². The Morgan fingerprint density at radius 2 is 1.68 bits per heavy atom. The van der Waals surface area contributed by atoms with E-state index in [0.717, 1.165) is 77.5 Å². The highest BCUT2D eigenvalue weighted by molar-refractivity contribution is 5.75. The smallest absolute Gasteiger partial charge is 0.220 e. The van der Waals surface area contributed by atoms with E-state index in [2.05, 4.69) is 31.4 Å². The van der Waals surface area contributed by atoms with E-state index in [-0.39, 0.29) is 28.9 Å². The van der Waals surface area contributed by atoms with Crippen LogP contribution in [0.25, 0.3) is 0 Å². The number of carbonyl (C=O) groups is 1. The number of nitrogens with two attached hydrogens (primary N) is 1. The van der Waals surface area contributed by atoms with Crippen molar-refractivity contribution in [2.75, 3.05) is 26.2 Å². The van der Waals surface area contributed by atoms with Crippen molar-refractivity contribution in [2.24, 2.45) is 52.1 Å². The van der Waals surface area contributed by atoms with Gasteiger partial charge in [0.15, 0.2) is 0 Å². The first kappa shape index (κ1) is 29.3. The van der Waals surface area contributed by atoms with Crippen LogP contribution in [-0.2, 0) is 4.79 Å². The predicted molar refractivity (Wildman–Crippen MR) is 150 cm³/mol. The number of hydrogen-bond acceptors (Lipinski definition) is 5. The Balaban J connectivity index is 1.25. The van der Waals surface area contributed by atoms with Gasteiger partial charge in [-0.3, -0.25) is 4.79 Å². The number of unbranched alkanes of at least 4 members (excludes halogenated alkanes) is 1. The number of nitrogens with one attached hydrogen (secondary N) is 2. The van der Waals surface area contributed by atoms with Gasteiger partial charge < -0.3 is 26.6 Å². The van der Waals surface area contributed by atoms with Crippen molar-refractivity contribution in [2.45, 2.75) is 116 Å². The van der Waals surface area contributed by atoms with Crippen LogP contribution in [0.4, 0.5) is 0 Å². The Morgan fingerprint density at radius 3 is 2.46 bits per heavy atom. The second-order valence-corrected chi connectivity index (χ2v) is 13.9. The van der Waals surface area contributed by atoms with Crippen LogP contribution in [0.3, 0.4) is 0 Å². The summed E-state index contributed by atoms with van der Waals surface area (Å²) >= 11 is 0. The third kappa shape index (κ3) is 6.23. The van der Waals surface area contributed by atoms with Crippen molar-refractivity contribution in [1.29, 1.82) is 0 Å². The highest BCUT2D eigenvalue weighted by Crippen LogP contribution is 2.68. The lowest BCUT2D eigenvalue weighted by Gasteiger charge is -2.62. The monoisotopic (exact) mass is 519 g/mol. The van der Waals surface area contributed by atoms with Crippen LogP contribution in [0, 0.1) is 46.3 Å². The summed E-state index contributed by atoms with van der Waals surface area (Å²) in [7, 11) is 0. The van der Waals surface area contributed by atoms with Gasteiger partial charge in [0.05, 0.1) is 12.2 Å². The zero-order chi connectivity index (χ0) is 26.6. The number of rotatable bonds is 12. The van der Waals surface area contributed by atoms with E-state index < -0.39 is 0 Å². The first-order valence-corrected chi connectivity index (χ1v) is 15.7. The lowest BCUT2D eigenvalue weighted by molar-refractivity contribution is -0.174. The average Bonchev–Trinajstić information content (AvgIpc) is 3.22. The maximum absolute atomic E-state index is 12.5. The van der Waals surface area contributed by atoms with Gasteiger partial charge in [0.1, 0.15) is 0 Å². The van der Waals surface area contributed by atoms with Crippen molar-refractivity contribution in [3.05, 3.63) is 0 Å². The molecule has 214 valence electrons. The first-order chi connectivity index (χ1) is 17.7. The van der Waals surface area contributed by atoms with Gasteiger partial charge in [0.25, 0.3) is 0 Å². The predicted octanol–water partition coefficient (Wildman–Crippen LogP) is 4.23. The Bertz CT molecular complexity index is 749. The van der Waals surface area contributed by atoms with E-state index in [0.29, 0.717) is 41.9 Å². The summed E-state index contributed by atoms with van der Waals surface area (Å²) in [5.74, 6) is 3.47. The third-order valence-electron chi connectivity index (χ3n) is 11.9. The molecule has 0 aromatic carbocycles. The normalized spacial score (nSPS) is 41.9. The largest absolute Gasteiger partial charge is 0.393 e. The fraction of sp³-hybridized carbons (Fsp3) is 0.968. The molecular formula is C31H57N3O3. The van der Waals surface area contributed by atoms with Gasteiger partial charge in [-0.25, -0.2) is 0 Å². The van der Waals surface area contributed by atoms with E-state index in [1.807, 2.05) is 0 Å². The van der Waals surface area contributed by atoms with E-state index in [9.17, 15) is 15.0 Å². The number of amides is 1. The summed E-state index contributed by atoms with van der Waals surface area (Å²) in [6.07, 6.45) is 13.1. The molecule has 6 nitrogen and oxygen atoms in total. The number of carbonyl (C=O) groups excluding carboxylic acids is 1. The average molecular weight is 520 g/mol. The molecular weight excluding hydrogens is 462 g/mol. The zero-order valence-corrected chi connectivity index (χ0v) is 24.0. The molecule has 1 amide bonds. The van der Waals surface area contributed by atoms with Crippen molar-refractivity contribution < 1.29 is 15.0 Å². The highest BCUT2D eigenvalue weighted by Gasteiger charge is 2.62. The fourth-order valence-electron chi connectivity index (χ4n) is 9.78. The molecule has 10 atom stereocenters. The topological polar surface area (TPSA) is 108 Å². The summed E-state index contributed by atoms with van der Waals surface area (Å²) < 4.78 is 0. The lowest BCUT2D eigenvalue weighted by Crippen LogP contribution is -2.58. The molecule has 0 aromatic rings. The molecule has 4 saturated carbocycles. The Kier molecular flexibility index (Phi) is 10.0. The standard InChI is InChI=1S/C31H57N3O3/c1-21(7-10-28(37)34-18-6-17-33-16-5-4-15-32)24-8-9-25-29-26(12-14-31(24,25)3)30(2)13-11-23(35)19-22(30)20-27(29)36/h21-27,29,33,35-36H,4-20,32H2,1-3H3,(H,34,37)/t21-,22+,23-,24-,25+,26+,27+,29+,30+,31-/m0/s1. The van der Waals surface area contributed by atoms with Crippen LogP contribution in [0.15, 0.2) is 0 Å². The minimum Gasteiger partial charge on any atom is -0.393 e. The van der Waals surface area contributed by atoms with Crippen LogP contribution in [0.5, 0.6) is 0 Å². The van der Waals surface area contributed by atoms with Crippen molar-refractivity contribution >= 4 is 5.91 Å². The van der Waals surface area contributed by atoms with E-state index in [1.165, 1.54) is 25.7 Å². The maximum atomic E-state index is 12.5. The second-order valence-electron chi connectivity index (χ2n) is 13.9. The van der Waals surface area contributed by atoms with Crippen LogP contribution in [0.1, 0.15) is 104 Å². The fourth-order valence-corrected chi connectivity index (χ4v) is 9.78. The Labute approximate surface area is 226 Å². The molecule has 0 spiro atoms. The molecule has 4 rings (SSSR count). The molecule has 0 saturated heterocycles. The molecule has 0 bridgehead atoms. The van der Waals surface area contributed by atoms with Crippen molar-refractivity contribution in [3.8, 4) is 0 Å². The second kappa shape index (κ2) is 12.7. The molecule has 4 aliphatic carbocycles. The van der Waals surface area contributed by atoms with Crippen LogP contribution in [0.2, 0.25) is 0 Å². The molecule has 37 heavy (non-hydrogen) atoms. The van der Waals surface area contributed by atoms with Gasteiger partial charge >= 0.3 is 0 Å². The van der Waals surface area contributed by atoms with Gasteiger partial charge in [-0.1, -0.05) is 20.8 Å². The number of hydrogen-bond donors (Lipinski definition) is 5. The molecule has 4 fully saturated rings. The highest BCUT2D eigenvalue weighted by atomic mass is 16.3. The number of aliphatic hydroxyl groups excluding tert-OH is 2. The van der Waals surface area contributed by atoms with Gasteiger partial charge in [-0.15, -0.1) is 0 Å². The van der Waals surface area contributed by atoms with Gasteiger partial charge in [0.2, 0.25) is 5.91 Å². The molecule has 0 aliphatic heterocycles. The number of aliphatic hydroxyl groups is 2. The van der Waals surface area contributed by atoms with Crippen LogP contribution in [-0.4, -0.2) is 54.5 Å². The summed E-state index contributed by atoms with van der Waals surface area (Å²) in [5, 5.41) is 28.3. The minimum atomic E-state index is -0.215. The van der Waals surface area contributed by atoms with Gasteiger partial charge in [-0.05, 0) is 143 Å². The summed E-state index contributed by atoms with van der Waals surface area (Å²) in [6.45, 7) is 10.8.